The average molecular weight is 259 g/mol. The van der Waals surface area contributed by atoms with Crippen LogP contribution in [0.25, 0.3) is 0 Å². The van der Waals surface area contributed by atoms with Gasteiger partial charge in [-0.05, 0) is 18.1 Å². The van der Waals surface area contributed by atoms with E-state index in [-0.39, 0.29) is 11.7 Å². The molecule has 0 spiro atoms. The van der Waals surface area contributed by atoms with E-state index in [1.54, 1.807) is 24.3 Å². The van der Waals surface area contributed by atoms with Crippen molar-refractivity contribution in [1.82, 2.24) is 25.1 Å². The highest BCUT2D eigenvalue weighted by Crippen LogP contribution is 2.05. The van der Waals surface area contributed by atoms with Gasteiger partial charge in [0.2, 0.25) is 5.82 Å². The van der Waals surface area contributed by atoms with Crippen molar-refractivity contribution in [3.05, 3.63) is 41.7 Å². The van der Waals surface area contributed by atoms with Crippen molar-refractivity contribution in [1.29, 1.82) is 0 Å². The molecular weight excluding hydrogens is 242 g/mol. The third-order valence-corrected chi connectivity index (χ3v) is 2.70. The number of rotatable bonds is 5. The van der Waals surface area contributed by atoms with Crippen LogP contribution in [-0.4, -0.2) is 38.0 Å². The third kappa shape index (κ3) is 3.37. The summed E-state index contributed by atoms with van der Waals surface area (Å²) in [4.78, 5) is 21.9. The first-order valence-electron chi connectivity index (χ1n) is 6.26. The number of nitrogens with zero attached hydrogens (tertiary/aromatic N) is 4. The summed E-state index contributed by atoms with van der Waals surface area (Å²) in [6, 6.07) is 3.77. The van der Waals surface area contributed by atoms with Gasteiger partial charge in [-0.3, -0.25) is 14.9 Å². The molecule has 6 nitrogen and oxygen atoms in total. The highest BCUT2D eigenvalue weighted by molar-refractivity contribution is 5.90. The van der Waals surface area contributed by atoms with Crippen molar-refractivity contribution in [3.63, 3.8) is 0 Å². The molecule has 100 valence electrons. The van der Waals surface area contributed by atoms with E-state index in [4.69, 9.17) is 0 Å². The van der Waals surface area contributed by atoms with Gasteiger partial charge in [0.05, 0.1) is 0 Å². The smallest absolute Gasteiger partial charge is 0.293 e. The van der Waals surface area contributed by atoms with E-state index in [2.05, 4.69) is 27.1 Å². The molecule has 1 amide bonds. The number of H-pyrrole nitrogens is 1. The average Bonchev–Trinajstić information content (AvgIpc) is 2.88. The Morgan fingerprint density at radius 1 is 1.47 bits per heavy atom. The summed E-state index contributed by atoms with van der Waals surface area (Å²) in [5.41, 5.74) is 0.975. The van der Waals surface area contributed by atoms with E-state index < -0.39 is 0 Å². The maximum Gasteiger partial charge on any atom is 0.293 e. The molecule has 0 saturated carbocycles. The molecule has 0 fully saturated rings. The zero-order chi connectivity index (χ0) is 13.7. The molecule has 2 aromatic heterocycles. The second-order valence-electron chi connectivity index (χ2n) is 4.38. The Labute approximate surface area is 111 Å². The Kier molecular flexibility index (Phi) is 4.22. The summed E-state index contributed by atoms with van der Waals surface area (Å²) >= 11 is 0. The molecule has 0 radical (unpaired) electrons. The molecule has 0 aliphatic carbocycles. The van der Waals surface area contributed by atoms with E-state index in [9.17, 15) is 4.79 Å². The standard InChI is InChI=1S/C13H17N5O/c1-3-5-11-15-12(17-16-11)13(19)18(2)9-10-6-4-7-14-8-10/h4,6-8H,3,5,9H2,1-2H3,(H,15,16,17). The first-order valence-corrected chi connectivity index (χ1v) is 6.26. The zero-order valence-corrected chi connectivity index (χ0v) is 11.1. The number of nitrogens with one attached hydrogen (secondary N) is 1. The molecule has 0 aromatic carbocycles. The number of hydrogen-bond acceptors (Lipinski definition) is 4. The normalized spacial score (nSPS) is 10.4. The quantitative estimate of drug-likeness (QED) is 0.881. The van der Waals surface area contributed by atoms with Gasteiger partial charge in [0.1, 0.15) is 5.82 Å². The Morgan fingerprint density at radius 3 is 3.00 bits per heavy atom. The van der Waals surface area contributed by atoms with Crippen LogP contribution in [0.2, 0.25) is 0 Å². The summed E-state index contributed by atoms with van der Waals surface area (Å²) < 4.78 is 0. The lowest BCUT2D eigenvalue weighted by atomic mass is 10.2. The highest BCUT2D eigenvalue weighted by Gasteiger charge is 2.17. The summed E-state index contributed by atoms with van der Waals surface area (Å²) in [6.45, 7) is 2.54. The van der Waals surface area contributed by atoms with Crippen LogP contribution in [0.4, 0.5) is 0 Å². The number of carbonyl (C=O) groups is 1. The van der Waals surface area contributed by atoms with Crippen LogP contribution in [0, 0.1) is 0 Å². The van der Waals surface area contributed by atoms with Gasteiger partial charge >= 0.3 is 0 Å². The fraction of sp³-hybridized carbons (Fsp3) is 0.385. The zero-order valence-electron chi connectivity index (χ0n) is 11.1. The van der Waals surface area contributed by atoms with E-state index in [1.807, 2.05) is 12.1 Å². The first-order chi connectivity index (χ1) is 9.20. The van der Waals surface area contributed by atoms with Crippen LogP contribution >= 0.6 is 0 Å². The minimum absolute atomic E-state index is 0.192. The molecule has 19 heavy (non-hydrogen) atoms. The number of aromatic amines is 1. The maximum absolute atomic E-state index is 12.1. The number of amides is 1. The molecule has 0 unspecified atom stereocenters. The van der Waals surface area contributed by atoms with Crippen molar-refractivity contribution < 1.29 is 4.79 Å². The Morgan fingerprint density at radius 2 is 2.32 bits per heavy atom. The minimum Gasteiger partial charge on any atom is -0.335 e. The van der Waals surface area contributed by atoms with Gasteiger partial charge in [-0.1, -0.05) is 13.0 Å². The van der Waals surface area contributed by atoms with Crippen molar-refractivity contribution in [2.24, 2.45) is 0 Å². The third-order valence-electron chi connectivity index (χ3n) is 2.70. The van der Waals surface area contributed by atoms with E-state index >= 15 is 0 Å². The van der Waals surface area contributed by atoms with Crippen LogP contribution in [0.15, 0.2) is 24.5 Å². The van der Waals surface area contributed by atoms with Gasteiger partial charge in [-0.15, -0.1) is 5.10 Å². The summed E-state index contributed by atoms with van der Waals surface area (Å²) in [5.74, 6) is 0.776. The molecule has 2 rings (SSSR count). The van der Waals surface area contributed by atoms with Crippen molar-refractivity contribution in [2.75, 3.05) is 7.05 Å². The van der Waals surface area contributed by atoms with Crippen LogP contribution in [0.5, 0.6) is 0 Å². The molecule has 0 atom stereocenters. The van der Waals surface area contributed by atoms with E-state index in [1.165, 1.54) is 0 Å². The number of carbonyl (C=O) groups excluding carboxylic acids is 1. The summed E-state index contributed by atoms with van der Waals surface area (Å²) in [7, 11) is 1.73. The van der Waals surface area contributed by atoms with Gasteiger partial charge in [0, 0.05) is 32.4 Å². The largest absolute Gasteiger partial charge is 0.335 e. The fourth-order valence-corrected chi connectivity index (χ4v) is 1.75. The number of hydrogen-bond donors (Lipinski definition) is 1. The van der Waals surface area contributed by atoms with Gasteiger partial charge in [-0.2, -0.15) is 0 Å². The lowest BCUT2D eigenvalue weighted by Crippen LogP contribution is -2.27. The second kappa shape index (κ2) is 6.08. The fourth-order valence-electron chi connectivity index (χ4n) is 1.75. The summed E-state index contributed by atoms with van der Waals surface area (Å²) in [5, 5.41) is 6.74. The SMILES string of the molecule is CCCc1nc(C(=O)N(C)Cc2cccnc2)n[nH]1. The number of pyridine rings is 1. The molecule has 0 saturated heterocycles. The molecule has 0 aliphatic rings. The molecule has 6 heteroatoms. The predicted molar refractivity (Wildman–Crippen MR) is 70.4 cm³/mol. The van der Waals surface area contributed by atoms with Crippen molar-refractivity contribution >= 4 is 5.91 Å². The highest BCUT2D eigenvalue weighted by atomic mass is 16.2. The maximum atomic E-state index is 12.1. The predicted octanol–water partition coefficient (Wildman–Crippen LogP) is 1.42. The van der Waals surface area contributed by atoms with Gasteiger partial charge in [0.15, 0.2) is 0 Å². The Balaban J connectivity index is 2.02. The van der Waals surface area contributed by atoms with Crippen molar-refractivity contribution in [2.45, 2.75) is 26.3 Å². The van der Waals surface area contributed by atoms with Gasteiger partial charge in [0.25, 0.3) is 5.91 Å². The topological polar surface area (TPSA) is 74.8 Å². The first kappa shape index (κ1) is 13.2. The molecule has 0 bridgehead atoms. The van der Waals surface area contributed by atoms with Gasteiger partial charge in [-0.25, -0.2) is 4.98 Å². The lowest BCUT2D eigenvalue weighted by molar-refractivity contribution is 0.0773. The molecule has 2 aromatic rings. The van der Waals surface area contributed by atoms with E-state index in [0.29, 0.717) is 6.54 Å². The van der Waals surface area contributed by atoms with Crippen LogP contribution < -0.4 is 0 Å². The van der Waals surface area contributed by atoms with E-state index in [0.717, 1.165) is 24.2 Å². The van der Waals surface area contributed by atoms with Crippen LogP contribution in [-0.2, 0) is 13.0 Å². The monoisotopic (exact) mass is 259 g/mol. The second-order valence-corrected chi connectivity index (χ2v) is 4.38. The van der Waals surface area contributed by atoms with Crippen molar-refractivity contribution in [3.8, 4) is 0 Å². The number of aromatic nitrogens is 4. The van der Waals surface area contributed by atoms with Gasteiger partial charge < -0.3 is 4.90 Å². The molecular formula is C13H17N5O. The number of aryl methyl sites for hydroxylation is 1. The molecule has 1 N–H and O–H groups in total. The Hall–Kier alpha value is -2.24. The Bertz CT molecular complexity index is 537. The minimum atomic E-state index is -0.192. The van der Waals surface area contributed by atoms with Crippen LogP contribution in [0.1, 0.15) is 35.4 Å². The molecule has 0 aliphatic heterocycles. The summed E-state index contributed by atoms with van der Waals surface area (Å²) in [6.07, 6.45) is 5.21. The lowest BCUT2D eigenvalue weighted by Gasteiger charge is -2.14. The van der Waals surface area contributed by atoms with Crippen LogP contribution in [0.3, 0.4) is 0 Å². The molecule has 2 heterocycles.